The fraction of sp³-hybridized carbons (Fsp3) is 0.421. The normalized spacial score (nSPS) is 15.4. The van der Waals surface area contributed by atoms with Crippen LogP contribution in [0.15, 0.2) is 46.7 Å². The summed E-state index contributed by atoms with van der Waals surface area (Å²) in [5.74, 6) is -0.0389. The van der Waals surface area contributed by atoms with Gasteiger partial charge in [-0.05, 0) is 61.4 Å². The molecule has 25 heavy (non-hydrogen) atoms. The number of carbonyl (C=O) groups is 1. The second kappa shape index (κ2) is 8.15. The van der Waals surface area contributed by atoms with Crippen LogP contribution in [-0.2, 0) is 21.1 Å². The van der Waals surface area contributed by atoms with Crippen molar-refractivity contribution in [3.63, 3.8) is 0 Å². The highest BCUT2D eigenvalue weighted by molar-refractivity contribution is 7.92. The van der Waals surface area contributed by atoms with Crippen LogP contribution >= 0.6 is 11.3 Å². The van der Waals surface area contributed by atoms with Crippen molar-refractivity contribution in [1.82, 2.24) is 0 Å². The highest BCUT2D eigenvalue weighted by atomic mass is 32.2. The maximum atomic E-state index is 12.5. The number of anilines is 1. The third kappa shape index (κ3) is 4.70. The van der Waals surface area contributed by atoms with Crippen molar-refractivity contribution in [3.05, 3.63) is 46.7 Å². The van der Waals surface area contributed by atoms with Gasteiger partial charge < -0.3 is 5.32 Å². The molecule has 0 aliphatic heterocycles. The van der Waals surface area contributed by atoms with E-state index in [4.69, 9.17) is 0 Å². The van der Waals surface area contributed by atoms with E-state index in [1.165, 1.54) is 4.88 Å². The predicted molar refractivity (Wildman–Crippen MR) is 102 cm³/mol. The summed E-state index contributed by atoms with van der Waals surface area (Å²) in [6.07, 6.45) is 5.66. The van der Waals surface area contributed by atoms with Crippen molar-refractivity contribution in [2.75, 3.05) is 5.32 Å². The van der Waals surface area contributed by atoms with E-state index in [2.05, 4.69) is 11.4 Å². The van der Waals surface area contributed by atoms with Gasteiger partial charge in [-0.3, -0.25) is 4.79 Å². The number of hydrogen-bond acceptors (Lipinski definition) is 4. The minimum atomic E-state index is -3.23. The molecule has 0 radical (unpaired) electrons. The van der Waals surface area contributed by atoms with Crippen LogP contribution in [0.25, 0.3) is 0 Å². The largest absolute Gasteiger partial charge is 0.326 e. The topological polar surface area (TPSA) is 63.2 Å². The lowest BCUT2D eigenvalue weighted by molar-refractivity contribution is -0.116. The van der Waals surface area contributed by atoms with Crippen molar-refractivity contribution in [3.8, 4) is 0 Å². The van der Waals surface area contributed by atoms with Gasteiger partial charge >= 0.3 is 0 Å². The van der Waals surface area contributed by atoms with Crippen molar-refractivity contribution < 1.29 is 13.2 Å². The van der Waals surface area contributed by atoms with Crippen LogP contribution in [0.5, 0.6) is 0 Å². The predicted octanol–water partition coefficient (Wildman–Crippen LogP) is 4.43. The van der Waals surface area contributed by atoms with Gasteiger partial charge in [0.1, 0.15) is 0 Å². The highest BCUT2D eigenvalue weighted by Gasteiger charge is 2.30. The summed E-state index contributed by atoms with van der Waals surface area (Å²) in [7, 11) is -3.23. The first-order valence-electron chi connectivity index (χ1n) is 8.72. The molecule has 0 unspecified atom stereocenters. The van der Waals surface area contributed by atoms with Crippen molar-refractivity contribution in [2.24, 2.45) is 0 Å². The highest BCUT2D eigenvalue weighted by Crippen LogP contribution is 2.30. The summed E-state index contributed by atoms with van der Waals surface area (Å²) in [4.78, 5) is 13.6. The number of thiophene rings is 1. The molecule has 1 fully saturated rings. The third-order valence-electron chi connectivity index (χ3n) is 4.61. The average Bonchev–Trinajstić information content (AvgIpc) is 3.29. The van der Waals surface area contributed by atoms with Gasteiger partial charge in [-0.1, -0.05) is 18.9 Å². The summed E-state index contributed by atoms with van der Waals surface area (Å²) in [5.41, 5.74) is 0.645. The summed E-state index contributed by atoms with van der Waals surface area (Å²) in [6, 6.07) is 10.7. The van der Waals surface area contributed by atoms with Crippen molar-refractivity contribution >= 4 is 32.8 Å². The smallest absolute Gasteiger partial charge is 0.224 e. The Kier molecular flexibility index (Phi) is 5.91. The van der Waals surface area contributed by atoms with Crippen molar-refractivity contribution in [2.45, 2.75) is 55.1 Å². The molecule has 0 spiro atoms. The van der Waals surface area contributed by atoms with Crippen LogP contribution in [0.3, 0.4) is 0 Å². The summed E-state index contributed by atoms with van der Waals surface area (Å²) < 4.78 is 25.1. The Morgan fingerprint density at radius 1 is 1.12 bits per heavy atom. The number of rotatable bonds is 7. The molecule has 1 amide bonds. The van der Waals surface area contributed by atoms with E-state index in [0.717, 1.165) is 38.5 Å². The van der Waals surface area contributed by atoms with Crippen molar-refractivity contribution in [1.29, 1.82) is 0 Å². The van der Waals surface area contributed by atoms with E-state index < -0.39 is 9.84 Å². The lowest BCUT2D eigenvalue weighted by Gasteiger charge is -2.12. The number of aryl methyl sites for hydroxylation is 1. The van der Waals surface area contributed by atoms with Gasteiger partial charge in [-0.25, -0.2) is 8.42 Å². The van der Waals surface area contributed by atoms with Gasteiger partial charge in [-0.2, -0.15) is 0 Å². The Hall–Kier alpha value is -1.66. The first-order chi connectivity index (χ1) is 12.1. The van der Waals surface area contributed by atoms with Crippen LogP contribution in [-0.4, -0.2) is 19.6 Å². The fourth-order valence-corrected chi connectivity index (χ4v) is 5.83. The number of nitrogens with one attached hydrogen (secondary N) is 1. The molecular formula is C19H23NO3S2. The fourth-order valence-electron chi connectivity index (χ4n) is 3.22. The lowest BCUT2D eigenvalue weighted by atomic mass is 10.2. The minimum absolute atomic E-state index is 0.0389. The summed E-state index contributed by atoms with van der Waals surface area (Å²) in [6.45, 7) is 0. The quantitative estimate of drug-likeness (QED) is 0.776. The molecule has 1 heterocycles. The van der Waals surface area contributed by atoms with Gasteiger partial charge in [0.05, 0.1) is 10.1 Å². The zero-order valence-electron chi connectivity index (χ0n) is 14.1. The van der Waals surface area contributed by atoms with Crippen LogP contribution < -0.4 is 5.32 Å². The Morgan fingerprint density at radius 3 is 2.48 bits per heavy atom. The van der Waals surface area contributed by atoms with Crippen LogP contribution in [0.1, 0.15) is 43.4 Å². The standard InChI is InChI=1S/C19H23NO3S2/c21-19(9-3-5-16-6-4-14-24-16)20-15-10-12-18(13-11-15)25(22,23)17-7-1-2-8-17/h4,6,10-14,17H,1-3,5,7-9H2,(H,20,21). The van der Waals surface area contributed by atoms with E-state index >= 15 is 0 Å². The molecule has 0 bridgehead atoms. The van der Waals surface area contributed by atoms with E-state index in [9.17, 15) is 13.2 Å². The molecule has 0 saturated heterocycles. The van der Waals surface area contributed by atoms with E-state index in [1.54, 1.807) is 35.6 Å². The maximum Gasteiger partial charge on any atom is 0.224 e. The molecule has 1 aromatic carbocycles. The third-order valence-corrected chi connectivity index (χ3v) is 7.83. The molecule has 134 valence electrons. The van der Waals surface area contributed by atoms with Gasteiger partial charge in [0.2, 0.25) is 5.91 Å². The molecule has 1 aliphatic carbocycles. The van der Waals surface area contributed by atoms with Crippen LogP contribution in [0, 0.1) is 0 Å². The molecule has 1 aliphatic rings. The Morgan fingerprint density at radius 2 is 1.84 bits per heavy atom. The number of sulfone groups is 1. The minimum Gasteiger partial charge on any atom is -0.326 e. The Balaban J connectivity index is 1.52. The molecular weight excluding hydrogens is 354 g/mol. The maximum absolute atomic E-state index is 12.5. The second-order valence-corrected chi connectivity index (χ2v) is 9.72. The number of amides is 1. The molecule has 1 saturated carbocycles. The van der Waals surface area contributed by atoms with E-state index in [-0.39, 0.29) is 11.2 Å². The summed E-state index contributed by atoms with van der Waals surface area (Å²) >= 11 is 1.70. The molecule has 6 heteroatoms. The average molecular weight is 378 g/mol. The number of benzene rings is 1. The van der Waals surface area contributed by atoms with E-state index in [1.807, 2.05) is 11.4 Å². The van der Waals surface area contributed by atoms with E-state index in [0.29, 0.717) is 17.0 Å². The second-order valence-electron chi connectivity index (χ2n) is 6.46. The summed E-state index contributed by atoms with van der Waals surface area (Å²) in [5, 5.41) is 4.63. The monoisotopic (exact) mass is 377 g/mol. The lowest BCUT2D eigenvalue weighted by Crippen LogP contribution is -2.18. The van der Waals surface area contributed by atoms with Gasteiger partial charge in [-0.15, -0.1) is 11.3 Å². The van der Waals surface area contributed by atoms with Gasteiger partial charge in [0, 0.05) is 17.0 Å². The van der Waals surface area contributed by atoms with Crippen LogP contribution in [0.2, 0.25) is 0 Å². The first-order valence-corrected chi connectivity index (χ1v) is 11.1. The molecule has 2 aromatic rings. The first kappa shape index (κ1) is 18.1. The number of carbonyl (C=O) groups excluding carboxylic acids is 1. The number of hydrogen-bond donors (Lipinski definition) is 1. The molecule has 0 atom stereocenters. The molecule has 1 aromatic heterocycles. The Bertz CT molecular complexity index is 790. The molecule has 4 nitrogen and oxygen atoms in total. The molecule has 1 N–H and O–H groups in total. The van der Waals surface area contributed by atoms with Gasteiger partial charge in [0.25, 0.3) is 0 Å². The SMILES string of the molecule is O=C(CCCc1cccs1)Nc1ccc(S(=O)(=O)C2CCCC2)cc1. The van der Waals surface area contributed by atoms with Crippen LogP contribution in [0.4, 0.5) is 5.69 Å². The molecule has 3 rings (SSSR count). The zero-order chi connectivity index (χ0) is 17.7. The van der Waals surface area contributed by atoms with Gasteiger partial charge in [0.15, 0.2) is 9.84 Å². The zero-order valence-corrected chi connectivity index (χ0v) is 15.7. The Labute approximate surface area is 153 Å².